The third kappa shape index (κ3) is 3.29. The molecule has 0 amide bonds. The lowest BCUT2D eigenvalue weighted by atomic mass is 9.85. The summed E-state index contributed by atoms with van der Waals surface area (Å²) in [5.74, 6) is -0.179. The predicted molar refractivity (Wildman–Crippen MR) is 85.2 cm³/mol. The molecule has 0 saturated heterocycles. The van der Waals surface area contributed by atoms with E-state index in [9.17, 15) is 4.79 Å². The van der Waals surface area contributed by atoms with Gasteiger partial charge in [-0.05, 0) is 36.8 Å². The minimum absolute atomic E-state index is 0.179. The fourth-order valence-corrected chi connectivity index (χ4v) is 3.33. The van der Waals surface area contributed by atoms with Crippen molar-refractivity contribution in [2.45, 2.75) is 64.0 Å². The van der Waals surface area contributed by atoms with Crippen molar-refractivity contribution in [1.82, 2.24) is 5.32 Å². The minimum Gasteiger partial charge on any atom is -0.467 e. The first-order valence-electron chi connectivity index (χ1n) is 8.11. The summed E-state index contributed by atoms with van der Waals surface area (Å²) in [6.45, 7) is 4.19. The zero-order chi connectivity index (χ0) is 15.3. The number of aryl methyl sites for hydroxylation is 1. The Bertz CT molecular complexity index is 463. The minimum atomic E-state index is -0.712. The zero-order valence-corrected chi connectivity index (χ0v) is 13.4. The van der Waals surface area contributed by atoms with Crippen LogP contribution in [0.2, 0.25) is 0 Å². The number of hydrogen-bond donors (Lipinski definition) is 1. The van der Waals surface area contributed by atoms with Gasteiger partial charge in [-0.15, -0.1) is 0 Å². The van der Waals surface area contributed by atoms with E-state index in [0.29, 0.717) is 12.5 Å². The Balaban J connectivity index is 2.34. The van der Waals surface area contributed by atoms with Crippen LogP contribution in [0.15, 0.2) is 24.3 Å². The molecule has 0 bridgehead atoms. The van der Waals surface area contributed by atoms with Crippen molar-refractivity contribution in [2.24, 2.45) is 0 Å². The number of hydrogen-bond acceptors (Lipinski definition) is 3. The molecule has 1 unspecified atom stereocenters. The van der Waals surface area contributed by atoms with Gasteiger partial charge in [0.1, 0.15) is 5.54 Å². The highest BCUT2D eigenvalue weighted by atomic mass is 16.5. The van der Waals surface area contributed by atoms with Crippen molar-refractivity contribution in [1.29, 1.82) is 0 Å². The summed E-state index contributed by atoms with van der Waals surface area (Å²) < 4.78 is 5.13. The van der Waals surface area contributed by atoms with Crippen molar-refractivity contribution in [2.75, 3.05) is 7.11 Å². The van der Waals surface area contributed by atoms with Crippen molar-refractivity contribution in [3.05, 3.63) is 35.4 Å². The number of nitrogens with one attached hydrogen (secondary N) is 1. The molecule has 1 aromatic rings. The van der Waals surface area contributed by atoms with Gasteiger partial charge in [-0.3, -0.25) is 5.32 Å². The van der Waals surface area contributed by atoms with E-state index in [1.54, 1.807) is 0 Å². The number of benzene rings is 1. The summed E-state index contributed by atoms with van der Waals surface area (Å²) in [5, 5.41) is 3.61. The fourth-order valence-electron chi connectivity index (χ4n) is 3.33. The number of esters is 1. The Morgan fingerprint density at radius 1 is 1.24 bits per heavy atom. The summed E-state index contributed by atoms with van der Waals surface area (Å²) in [4.78, 5) is 12.5. The molecule has 2 rings (SSSR count). The smallest absolute Gasteiger partial charge is 0.330 e. The van der Waals surface area contributed by atoms with Gasteiger partial charge in [-0.2, -0.15) is 0 Å². The Labute approximate surface area is 128 Å². The average molecular weight is 289 g/mol. The summed E-state index contributed by atoms with van der Waals surface area (Å²) in [7, 11) is 1.48. The molecule has 0 radical (unpaired) electrons. The van der Waals surface area contributed by atoms with Gasteiger partial charge in [-0.25, -0.2) is 4.79 Å². The van der Waals surface area contributed by atoms with Crippen LogP contribution < -0.4 is 5.32 Å². The van der Waals surface area contributed by atoms with Gasteiger partial charge in [0.2, 0.25) is 0 Å². The quantitative estimate of drug-likeness (QED) is 0.814. The van der Waals surface area contributed by atoms with Crippen LogP contribution in [0.1, 0.15) is 57.1 Å². The van der Waals surface area contributed by atoms with Crippen LogP contribution in [0.25, 0.3) is 0 Å². The molecule has 1 aromatic carbocycles. The monoisotopic (exact) mass is 289 g/mol. The molecular weight excluding hydrogens is 262 g/mol. The van der Waals surface area contributed by atoms with Gasteiger partial charge < -0.3 is 4.74 Å². The molecule has 0 aliphatic heterocycles. The Morgan fingerprint density at radius 3 is 2.33 bits per heavy atom. The van der Waals surface area contributed by atoms with Gasteiger partial charge in [0.05, 0.1) is 7.11 Å². The summed E-state index contributed by atoms with van der Waals surface area (Å²) in [5.41, 5.74) is 1.59. The maximum Gasteiger partial charge on any atom is 0.330 e. The normalized spacial score (nSPS) is 18.4. The molecule has 0 spiro atoms. The molecular formula is C18H27NO2. The molecule has 1 fully saturated rings. The van der Waals surface area contributed by atoms with E-state index in [1.165, 1.54) is 25.5 Å². The van der Waals surface area contributed by atoms with E-state index in [2.05, 4.69) is 36.5 Å². The lowest BCUT2D eigenvalue weighted by Gasteiger charge is -2.34. The third-order valence-corrected chi connectivity index (χ3v) is 4.72. The number of ether oxygens (including phenoxy) is 1. The molecule has 1 saturated carbocycles. The van der Waals surface area contributed by atoms with E-state index in [1.807, 2.05) is 6.92 Å². The topological polar surface area (TPSA) is 38.3 Å². The molecule has 0 aromatic heterocycles. The highest BCUT2D eigenvalue weighted by Crippen LogP contribution is 2.31. The second-order valence-electron chi connectivity index (χ2n) is 5.93. The SMILES string of the molecule is CCc1ccc(C(CC)(NC2CCCC2)C(=O)OC)cc1. The molecule has 1 aliphatic carbocycles. The first-order chi connectivity index (χ1) is 10.2. The zero-order valence-electron chi connectivity index (χ0n) is 13.4. The largest absolute Gasteiger partial charge is 0.467 e. The molecule has 1 atom stereocenters. The molecule has 21 heavy (non-hydrogen) atoms. The van der Waals surface area contributed by atoms with E-state index in [4.69, 9.17) is 4.74 Å². The van der Waals surface area contributed by atoms with Gasteiger partial charge in [0.15, 0.2) is 0 Å². The van der Waals surface area contributed by atoms with E-state index < -0.39 is 5.54 Å². The van der Waals surface area contributed by atoms with Crippen molar-refractivity contribution >= 4 is 5.97 Å². The van der Waals surface area contributed by atoms with E-state index in [0.717, 1.165) is 24.8 Å². The molecule has 1 aliphatic rings. The number of methoxy groups -OCH3 is 1. The Kier molecular flexibility index (Phi) is 5.40. The van der Waals surface area contributed by atoms with Gasteiger partial charge in [0, 0.05) is 6.04 Å². The predicted octanol–water partition coefficient (Wildman–Crippen LogP) is 3.56. The Morgan fingerprint density at radius 2 is 1.86 bits per heavy atom. The standard InChI is InChI=1S/C18H27NO2/c1-4-14-10-12-15(13-11-14)18(5-2,17(20)21-3)19-16-8-6-7-9-16/h10-13,16,19H,4-9H2,1-3H3. The first-order valence-corrected chi connectivity index (χ1v) is 8.11. The maximum atomic E-state index is 12.5. The second-order valence-corrected chi connectivity index (χ2v) is 5.93. The lowest BCUT2D eigenvalue weighted by molar-refractivity contribution is -0.149. The van der Waals surface area contributed by atoms with E-state index >= 15 is 0 Å². The van der Waals surface area contributed by atoms with Crippen molar-refractivity contribution in [3.8, 4) is 0 Å². The Hall–Kier alpha value is -1.35. The van der Waals surface area contributed by atoms with Crippen LogP contribution in [-0.4, -0.2) is 19.1 Å². The van der Waals surface area contributed by atoms with E-state index in [-0.39, 0.29) is 5.97 Å². The van der Waals surface area contributed by atoms with Crippen molar-refractivity contribution < 1.29 is 9.53 Å². The molecule has 3 nitrogen and oxygen atoms in total. The van der Waals surface area contributed by atoms with Gasteiger partial charge >= 0.3 is 5.97 Å². The molecule has 116 valence electrons. The summed E-state index contributed by atoms with van der Waals surface area (Å²) in [6, 6.07) is 8.77. The van der Waals surface area contributed by atoms with Gasteiger partial charge in [-0.1, -0.05) is 51.0 Å². The van der Waals surface area contributed by atoms with Crippen LogP contribution in [0, 0.1) is 0 Å². The highest BCUT2D eigenvalue weighted by Gasteiger charge is 2.41. The van der Waals surface area contributed by atoms with Crippen LogP contribution in [-0.2, 0) is 21.5 Å². The van der Waals surface area contributed by atoms with Crippen LogP contribution >= 0.6 is 0 Å². The number of carbonyl (C=O) groups excluding carboxylic acids is 1. The summed E-state index contributed by atoms with van der Waals surface area (Å²) >= 11 is 0. The van der Waals surface area contributed by atoms with Crippen LogP contribution in [0.5, 0.6) is 0 Å². The lowest BCUT2D eigenvalue weighted by Crippen LogP contribution is -2.53. The first kappa shape index (κ1) is 16.0. The highest BCUT2D eigenvalue weighted by molar-refractivity contribution is 5.82. The second kappa shape index (κ2) is 7.08. The third-order valence-electron chi connectivity index (χ3n) is 4.72. The van der Waals surface area contributed by atoms with Crippen LogP contribution in [0.4, 0.5) is 0 Å². The van der Waals surface area contributed by atoms with Crippen LogP contribution in [0.3, 0.4) is 0 Å². The number of rotatable bonds is 6. The fraction of sp³-hybridized carbons (Fsp3) is 0.611. The molecule has 1 N–H and O–H groups in total. The van der Waals surface area contributed by atoms with Gasteiger partial charge in [0.25, 0.3) is 0 Å². The molecule has 3 heteroatoms. The number of carbonyl (C=O) groups is 1. The molecule has 0 heterocycles. The maximum absolute atomic E-state index is 12.5. The summed E-state index contributed by atoms with van der Waals surface area (Å²) in [6.07, 6.45) is 6.48. The van der Waals surface area contributed by atoms with Crippen molar-refractivity contribution in [3.63, 3.8) is 0 Å². The average Bonchev–Trinajstić information content (AvgIpc) is 3.05.